The van der Waals surface area contributed by atoms with E-state index in [-0.39, 0.29) is 11.3 Å². The van der Waals surface area contributed by atoms with Crippen LogP contribution in [0.15, 0.2) is 32.8 Å². The van der Waals surface area contributed by atoms with Gasteiger partial charge in [-0.3, -0.25) is 9.36 Å². The number of hydrogen-bond donors (Lipinski definition) is 0. The van der Waals surface area contributed by atoms with Crippen LogP contribution in [0.3, 0.4) is 0 Å². The average Bonchev–Trinajstić information content (AvgIpc) is 3.24. The van der Waals surface area contributed by atoms with Crippen molar-refractivity contribution >= 4 is 54.7 Å². The van der Waals surface area contributed by atoms with Gasteiger partial charge in [0.15, 0.2) is 5.16 Å². The number of aromatic nitrogens is 2. The fourth-order valence-corrected chi connectivity index (χ4v) is 6.15. The molecule has 0 amide bonds. The van der Waals surface area contributed by atoms with Crippen LogP contribution < -0.4 is 5.56 Å². The summed E-state index contributed by atoms with van der Waals surface area (Å²) in [4.78, 5) is 19.2. The van der Waals surface area contributed by atoms with Gasteiger partial charge in [-0.15, -0.1) is 22.7 Å². The van der Waals surface area contributed by atoms with Crippen LogP contribution in [0.5, 0.6) is 0 Å². The predicted octanol–water partition coefficient (Wildman–Crippen LogP) is 3.10. The summed E-state index contributed by atoms with van der Waals surface area (Å²) in [6.07, 6.45) is 0.504. The van der Waals surface area contributed by atoms with E-state index in [1.165, 1.54) is 41.5 Å². The molecule has 0 unspecified atom stereocenters. The molecule has 26 heavy (non-hydrogen) atoms. The quantitative estimate of drug-likeness (QED) is 0.328. The smallest absolute Gasteiger partial charge is 0.263 e. The van der Waals surface area contributed by atoms with E-state index in [1.54, 1.807) is 23.0 Å². The molecular formula is C16H19N3O3S4. The molecule has 10 heteroatoms. The minimum absolute atomic E-state index is 0.0666. The molecule has 3 aromatic rings. The molecule has 140 valence electrons. The molecule has 0 aliphatic heterocycles. The minimum atomic E-state index is -3.19. The van der Waals surface area contributed by atoms with Crippen molar-refractivity contribution in [1.82, 2.24) is 13.9 Å². The van der Waals surface area contributed by atoms with Crippen molar-refractivity contribution in [3.05, 3.63) is 33.2 Å². The summed E-state index contributed by atoms with van der Waals surface area (Å²) in [6.45, 7) is 0. The molecule has 6 nitrogen and oxygen atoms in total. The fraction of sp³-hybridized carbons (Fsp3) is 0.375. The van der Waals surface area contributed by atoms with E-state index < -0.39 is 10.0 Å². The zero-order valence-electron chi connectivity index (χ0n) is 14.6. The highest BCUT2D eigenvalue weighted by Crippen LogP contribution is 2.34. The zero-order chi connectivity index (χ0) is 18.9. The largest absolute Gasteiger partial charge is 0.290 e. The Labute approximate surface area is 164 Å². The third-order valence-corrected chi connectivity index (χ3v) is 8.70. The van der Waals surface area contributed by atoms with E-state index in [0.717, 1.165) is 15.3 Å². The molecule has 3 aromatic heterocycles. The first-order valence-corrected chi connectivity index (χ1v) is 12.2. The van der Waals surface area contributed by atoms with E-state index in [0.29, 0.717) is 22.7 Å². The predicted molar refractivity (Wildman–Crippen MR) is 111 cm³/mol. The molecule has 0 N–H and O–H groups in total. The molecule has 0 fully saturated rings. The number of thiophene rings is 2. The maximum Gasteiger partial charge on any atom is 0.263 e. The van der Waals surface area contributed by atoms with E-state index in [4.69, 9.17) is 0 Å². The molecule has 0 bridgehead atoms. The van der Waals surface area contributed by atoms with Gasteiger partial charge in [-0.05, 0) is 17.9 Å². The van der Waals surface area contributed by atoms with Gasteiger partial charge in [0, 0.05) is 42.7 Å². The lowest BCUT2D eigenvalue weighted by molar-refractivity contribution is 0.520. The van der Waals surface area contributed by atoms with Gasteiger partial charge in [0.2, 0.25) is 10.0 Å². The Hall–Kier alpha value is -1.20. The van der Waals surface area contributed by atoms with Gasteiger partial charge in [-0.1, -0.05) is 17.8 Å². The lowest BCUT2D eigenvalue weighted by atomic mass is 10.2. The average molecular weight is 430 g/mol. The standard InChI is InChI=1S/C16H19N3O3S4/c1-18(2)26(21,22)9-5-8-24-16-17-14-13(15(20)19(16)3)11(10-25-14)12-6-4-7-23-12/h4,6-7,10H,5,8-9H2,1-3H3. The molecule has 0 aliphatic carbocycles. The molecule has 0 aromatic carbocycles. The van der Waals surface area contributed by atoms with Crippen LogP contribution in [-0.4, -0.2) is 47.9 Å². The van der Waals surface area contributed by atoms with Crippen molar-refractivity contribution < 1.29 is 8.42 Å². The second-order valence-corrected chi connectivity index (χ2v) is 11.0. The molecule has 3 heterocycles. The number of thioether (sulfide) groups is 1. The number of hydrogen-bond acceptors (Lipinski definition) is 7. The summed E-state index contributed by atoms with van der Waals surface area (Å²) in [6, 6.07) is 3.97. The maximum atomic E-state index is 12.8. The van der Waals surface area contributed by atoms with Crippen molar-refractivity contribution in [2.24, 2.45) is 7.05 Å². The van der Waals surface area contributed by atoms with Crippen LogP contribution in [0.2, 0.25) is 0 Å². The molecule has 0 saturated heterocycles. The molecule has 0 aliphatic rings. The zero-order valence-corrected chi connectivity index (χ0v) is 17.9. The third-order valence-electron chi connectivity index (χ3n) is 3.89. The second kappa shape index (κ2) is 7.81. The van der Waals surface area contributed by atoms with Gasteiger partial charge < -0.3 is 0 Å². The summed E-state index contributed by atoms with van der Waals surface area (Å²) >= 11 is 4.48. The van der Waals surface area contributed by atoms with Crippen LogP contribution in [-0.2, 0) is 17.1 Å². The highest BCUT2D eigenvalue weighted by Gasteiger charge is 2.17. The van der Waals surface area contributed by atoms with Crippen LogP contribution in [0.1, 0.15) is 6.42 Å². The topological polar surface area (TPSA) is 72.3 Å². The van der Waals surface area contributed by atoms with Gasteiger partial charge in [0.05, 0.1) is 11.1 Å². The van der Waals surface area contributed by atoms with Gasteiger partial charge in [-0.25, -0.2) is 17.7 Å². The number of fused-ring (bicyclic) bond motifs is 1. The van der Waals surface area contributed by atoms with Crippen LogP contribution in [0.4, 0.5) is 0 Å². The number of nitrogens with zero attached hydrogens (tertiary/aromatic N) is 3. The molecule has 3 rings (SSSR count). The summed E-state index contributed by atoms with van der Waals surface area (Å²) in [5, 5.41) is 5.23. The first-order chi connectivity index (χ1) is 12.3. The molecule has 0 saturated carbocycles. The van der Waals surface area contributed by atoms with Gasteiger partial charge in [0.1, 0.15) is 4.83 Å². The Morgan fingerprint density at radius 1 is 1.31 bits per heavy atom. The van der Waals surface area contributed by atoms with Crippen LogP contribution >= 0.6 is 34.4 Å². The van der Waals surface area contributed by atoms with E-state index in [2.05, 4.69) is 4.98 Å². The summed E-state index contributed by atoms with van der Waals surface area (Å²) in [5.74, 6) is 0.673. The lowest BCUT2D eigenvalue weighted by Crippen LogP contribution is -2.25. The van der Waals surface area contributed by atoms with E-state index in [1.807, 2.05) is 22.9 Å². The highest BCUT2D eigenvalue weighted by atomic mass is 32.2. The first-order valence-electron chi connectivity index (χ1n) is 7.86. The lowest BCUT2D eigenvalue weighted by Gasteiger charge is -2.11. The summed E-state index contributed by atoms with van der Waals surface area (Å²) in [5.41, 5.74) is 0.866. The molecule has 0 spiro atoms. The van der Waals surface area contributed by atoms with Gasteiger partial charge >= 0.3 is 0 Å². The normalized spacial score (nSPS) is 12.3. The van der Waals surface area contributed by atoms with Crippen molar-refractivity contribution in [3.8, 4) is 10.4 Å². The minimum Gasteiger partial charge on any atom is -0.290 e. The van der Waals surface area contributed by atoms with Gasteiger partial charge in [-0.2, -0.15) is 0 Å². The van der Waals surface area contributed by atoms with Crippen LogP contribution in [0.25, 0.3) is 20.7 Å². The Balaban J connectivity index is 1.81. The SMILES string of the molecule is CN(C)S(=O)(=O)CCCSc1nc2scc(-c3cccs3)c2c(=O)n1C. The van der Waals surface area contributed by atoms with Gasteiger partial charge in [0.25, 0.3) is 5.56 Å². The van der Waals surface area contributed by atoms with E-state index in [9.17, 15) is 13.2 Å². The van der Waals surface area contributed by atoms with Crippen molar-refractivity contribution in [1.29, 1.82) is 0 Å². The maximum absolute atomic E-state index is 12.8. The Morgan fingerprint density at radius 2 is 2.08 bits per heavy atom. The monoisotopic (exact) mass is 429 g/mol. The second-order valence-electron chi connectivity index (χ2n) is 5.87. The van der Waals surface area contributed by atoms with Crippen molar-refractivity contribution in [2.75, 3.05) is 25.6 Å². The first kappa shape index (κ1) is 19.6. The Bertz CT molecular complexity index is 1070. The molecular weight excluding hydrogens is 410 g/mol. The number of rotatable bonds is 7. The fourth-order valence-electron chi connectivity index (χ4n) is 2.38. The van der Waals surface area contributed by atoms with E-state index >= 15 is 0 Å². The number of sulfonamides is 1. The van der Waals surface area contributed by atoms with Crippen molar-refractivity contribution in [3.63, 3.8) is 0 Å². The summed E-state index contributed by atoms with van der Waals surface area (Å²) < 4.78 is 26.4. The van der Waals surface area contributed by atoms with Crippen molar-refractivity contribution in [2.45, 2.75) is 11.6 Å². The Kier molecular flexibility index (Phi) is 5.88. The molecule has 0 atom stereocenters. The summed E-state index contributed by atoms with van der Waals surface area (Å²) in [7, 11) is 1.58. The Morgan fingerprint density at radius 3 is 2.73 bits per heavy atom. The van der Waals surface area contributed by atoms with Crippen LogP contribution in [0, 0.1) is 0 Å². The molecule has 0 radical (unpaired) electrons. The third kappa shape index (κ3) is 3.89. The highest BCUT2D eigenvalue weighted by molar-refractivity contribution is 7.99.